The first-order valence-corrected chi connectivity index (χ1v) is 8.95. The van der Waals surface area contributed by atoms with Crippen LogP contribution in [0.3, 0.4) is 0 Å². The highest BCUT2D eigenvalue weighted by molar-refractivity contribution is 9.10. The van der Waals surface area contributed by atoms with Crippen molar-refractivity contribution in [1.82, 2.24) is 0 Å². The van der Waals surface area contributed by atoms with Gasteiger partial charge >= 0.3 is 5.97 Å². The molecule has 0 radical (unpaired) electrons. The highest BCUT2D eigenvalue weighted by Crippen LogP contribution is 2.40. The van der Waals surface area contributed by atoms with Gasteiger partial charge in [0.1, 0.15) is 17.4 Å². The first kappa shape index (κ1) is 15.2. The van der Waals surface area contributed by atoms with E-state index in [-0.39, 0.29) is 17.3 Å². The third-order valence-electron chi connectivity index (χ3n) is 4.00. The predicted molar refractivity (Wildman–Crippen MR) is 85.4 cm³/mol. The largest absolute Gasteiger partial charge is 0.488 e. The molecule has 114 valence electrons. The van der Waals surface area contributed by atoms with Gasteiger partial charge in [-0.25, -0.2) is 4.79 Å². The smallest absolute Gasteiger partial charge is 0.339 e. The SMILES string of the molecule is O=C(O)c1cccc(Br)c1OC1CCOC2(CCSC2)C1. The topological polar surface area (TPSA) is 55.8 Å². The molecule has 2 fully saturated rings. The fourth-order valence-corrected chi connectivity index (χ4v) is 4.75. The molecule has 6 heteroatoms. The normalized spacial score (nSPS) is 28.7. The van der Waals surface area contributed by atoms with Crippen molar-refractivity contribution < 1.29 is 19.4 Å². The van der Waals surface area contributed by atoms with Crippen LogP contribution in [-0.2, 0) is 4.74 Å². The second-order valence-corrected chi connectivity index (χ2v) is 7.45. The molecular formula is C15H17BrO4S. The number of halogens is 1. The highest BCUT2D eigenvalue weighted by Gasteiger charge is 2.41. The zero-order chi connectivity index (χ0) is 14.9. The quantitative estimate of drug-likeness (QED) is 0.878. The highest BCUT2D eigenvalue weighted by atomic mass is 79.9. The summed E-state index contributed by atoms with van der Waals surface area (Å²) in [5.41, 5.74) is 0.129. The van der Waals surface area contributed by atoms with Gasteiger partial charge in [-0.2, -0.15) is 11.8 Å². The average Bonchev–Trinajstić information content (AvgIpc) is 2.89. The van der Waals surface area contributed by atoms with E-state index in [0.29, 0.717) is 16.8 Å². The summed E-state index contributed by atoms with van der Waals surface area (Å²) in [5.74, 6) is 1.60. The van der Waals surface area contributed by atoms with Crippen LogP contribution in [0.15, 0.2) is 22.7 Å². The van der Waals surface area contributed by atoms with E-state index in [1.807, 2.05) is 17.8 Å². The van der Waals surface area contributed by atoms with Crippen molar-refractivity contribution in [2.75, 3.05) is 18.1 Å². The summed E-state index contributed by atoms with van der Waals surface area (Å²) in [6.45, 7) is 0.679. The molecule has 1 spiro atoms. The lowest BCUT2D eigenvalue weighted by atomic mass is 9.91. The molecule has 2 unspecified atom stereocenters. The fourth-order valence-electron chi connectivity index (χ4n) is 2.91. The van der Waals surface area contributed by atoms with Gasteiger partial charge in [-0.05, 0) is 40.2 Å². The van der Waals surface area contributed by atoms with E-state index in [1.165, 1.54) is 0 Å². The number of benzene rings is 1. The number of aromatic carboxylic acids is 1. The van der Waals surface area contributed by atoms with Crippen molar-refractivity contribution in [3.05, 3.63) is 28.2 Å². The van der Waals surface area contributed by atoms with Crippen LogP contribution in [-0.4, -0.2) is 40.9 Å². The second-order valence-electron chi connectivity index (χ2n) is 5.49. The minimum atomic E-state index is -0.968. The van der Waals surface area contributed by atoms with Gasteiger partial charge in [0, 0.05) is 18.6 Å². The van der Waals surface area contributed by atoms with Gasteiger partial charge in [0.05, 0.1) is 16.7 Å². The Bertz CT molecular complexity index is 542. The van der Waals surface area contributed by atoms with E-state index in [2.05, 4.69) is 15.9 Å². The molecule has 0 saturated carbocycles. The molecule has 2 saturated heterocycles. The molecule has 21 heavy (non-hydrogen) atoms. The summed E-state index contributed by atoms with van der Waals surface area (Å²) < 4.78 is 12.7. The van der Waals surface area contributed by atoms with Crippen LogP contribution in [0, 0.1) is 0 Å². The summed E-state index contributed by atoms with van der Waals surface area (Å²) in [4.78, 5) is 11.3. The number of carboxylic acids is 1. The summed E-state index contributed by atoms with van der Waals surface area (Å²) in [5, 5.41) is 9.30. The van der Waals surface area contributed by atoms with E-state index >= 15 is 0 Å². The van der Waals surface area contributed by atoms with Crippen LogP contribution in [0.25, 0.3) is 0 Å². The monoisotopic (exact) mass is 372 g/mol. The van der Waals surface area contributed by atoms with Crippen molar-refractivity contribution in [2.24, 2.45) is 0 Å². The number of thioether (sulfide) groups is 1. The Labute approximate surface area is 136 Å². The standard InChI is InChI=1S/C15H17BrO4S/c16-12-3-1-2-11(14(17)18)13(12)20-10-4-6-19-15(8-10)5-7-21-9-15/h1-3,10H,4-9H2,(H,17,18). The van der Waals surface area contributed by atoms with Gasteiger partial charge in [0.25, 0.3) is 0 Å². The minimum Gasteiger partial charge on any atom is -0.488 e. The van der Waals surface area contributed by atoms with Gasteiger partial charge in [-0.3, -0.25) is 0 Å². The molecule has 2 heterocycles. The van der Waals surface area contributed by atoms with E-state index in [9.17, 15) is 9.90 Å². The lowest BCUT2D eigenvalue weighted by Crippen LogP contribution is -2.44. The number of hydrogen-bond donors (Lipinski definition) is 1. The maximum Gasteiger partial charge on any atom is 0.339 e. The van der Waals surface area contributed by atoms with Crippen LogP contribution in [0.1, 0.15) is 29.6 Å². The van der Waals surface area contributed by atoms with Gasteiger partial charge in [-0.1, -0.05) is 6.07 Å². The molecule has 0 aliphatic carbocycles. The lowest BCUT2D eigenvalue weighted by molar-refractivity contribution is -0.0960. The molecule has 0 bridgehead atoms. The predicted octanol–water partition coefficient (Wildman–Crippen LogP) is 3.58. The Kier molecular flexibility index (Phi) is 4.47. The Hall–Kier alpha value is -0.720. The van der Waals surface area contributed by atoms with Crippen LogP contribution in [0.4, 0.5) is 0 Å². The van der Waals surface area contributed by atoms with E-state index in [4.69, 9.17) is 9.47 Å². The minimum absolute atomic E-state index is 0.00856. The Morgan fingerprint density at radius 1 is 1.52 bits per heavy atom. The van der Waals surface area contributed by atoms with Crippen molar-refractivity contribution in [2.45, 2.75) is 31.0 Å². The molecule has 4 nitrogen and oxygen atoms in total. The third-order valence-corrected chi connectivity index (χ3v) is 5.84. The molecule has 1 aromatic carbocycles. The Balaban J connectivity index is 1.79. The van der Waals surface area contributed by atoms with Crippen molar-refractivity contribution in [3.8, 4) is 5.75 Å². The number of carboxylic acid groups (broad SMARTS) is 1. The molecule has 2 aliphatic heterocycles. The molecule has 2 atom stereocenters. The Morgan fingerprint density at radius 2 is 2.38 bits per heavy atom. The zero-order valence-corrected chi connectivity index (χ0v) is 13.9. The van der Waals surface area contributed by atoms with Crippen molar-refractivity contribution >= 4 is 33.7 Å². The molecule has 0 amide bonds. The van der Waals surface area contributed by atoms with Gasteiger partial charge < -0.3 is 14.6 Å². The average molecular weight is 373 g/mol. The Morgan fingerprint density at radius 3 is 3.10 bits per heavy atom. The van der Waals surface area contributed by atoms with Crippen LogP contribution in [0.2, 0.25) is 0 Å². The van der Waals surface area contributed by atoms with E-state index in [1.54, 1.807) is 12.1 Å². The number of carbonyl (C=O) groups is 1. The maximum absolute atomic E-state index is 11.3. The number of ether oxygens (including phenoxy) is 2. The van der Waals surface area contributed by atoms with E-state index in [0.717, 1.165) is 30.8 Å². The van der Waals surface area contributed by atoms with Crippen molar-refractivity contribution in [3.63, 3.8) is 0 Å². The third kappa shape index (κ3) is 3.22. The van der Waals surface area contributed by atoms with E-state index < -0.39 is 5.97 Å². The number of rotatable bonds is 3. The number of hydrogen-bond acceptors (Lipinski definition) is 4. The van der Waals surface area contributed by atoms with Gasteiger partial charge in [-0.15, -0.1) is 0 Å². The molecule has 0 aromatic heterocycles. The molecule has 2 aliphatic rings. The van der Waals surface area contributed by atoms with Crippen LogP contribution >= 0.6 is 27.7 Å². The summed E-state index contributed by atoms with van der Waals surface area (Å²) in [7, 11) is 0. The lowest BCUT2D eigenvalue weighted by Gasteiger charge is -2.37. The maximum atomic E-state index is 11.3. The fraction of sp³-hybridized carbons (Fsp3) is 0.533. The first-order chi connectivity index (χ1) is 10.1. The second kappa shape index (κ2) is 6.18. The summed E-state index contributed by atoms with van der Waals surface area (Å²) in [6, 6.07) is 5.09. The van der Waals surface area contributed by atoms with Gasteiger partial charge in [0.15, 0.2) is 0 Å². The number of para-hydroxylation sites is 1. The van der Waals surface area contributed by atoms with Gasteiger partial charge in [0.2, 0.25) is 0 Å². The zero-order valence-electron chi connectivity index (χ0n) is 11.5. The van der Waals surface area contributed by atoms with Crippen molar-refractivity contribution in [1.29, 1.82) is 0 Å². The van der Waals surface area contributed by atoms with Crippen LogP contribution in [0.5, 0.6) is 5.75 Å². The summed E-state index contributed by atoms with van der Waals surface area (Å²) in [6.07, 6.45) is 2.70. The summed E-state index contributed by atoms with van der Waals surface area (Å²) >= 11 is 5.31. The molecule has 3 rings (SSSR count). The molecule has 1 aromatic rings. The first-order valence-electron chi connectivity index (χ1n) is 7.00. The molecular weight excluding hydrogens is 356 g/mol. The van der Waals surface area contributed by atoms with Crippen LogP contribution < -0.4 is 4.74 Å². The molecule has 1 N–H and O–H groups in total.